The van der Waals surface area contributed by atoms with Crippen molar-refractivity contribution in [2.24, 2.45) is 5.92 Å². The Morgan fingerprint density at radius 1 is 1.33 bits per heavy atom. The summed E-state index contributed by atoms with van der Waals surface area (Å²) in [6.07, 6.45) is 15.7. The molecule has 2 N–H and O–H groups in total. The summed E-state index contributed by atoms with van der Waals surface area (Å²) in [5.41, 5.74) is 2.54. The molecule has 1 saturated heterocycles. The average Bonchev–Trinajstić information content (AvgIpc) is 2.40. The van der Waals surface area contributed by atoms with Crippen LogP contribution in [0.2, 0.25) is 0 Å². The molecule has 3 aliphatic rings. The molecule has 96 valence electrons. The molecule has 0 aromatic rings. The molecule has 0 amide bonds. The van der Waals surface area contributed by atoms with Gasteiger partial charge in [0.1, 0.15) is 0 Å². The first kappa shape index (κ1) is 11.8. The quantitative estimate of drug-likeness (QED) is 0.588. The molecule has 3 atom stereocenters. The lowest BCUT2D eigenvalue weighted by Crippen LogP contribution is -2.48. The minimum atomic E-state index is 0.174. The van der Waals surface area contributed by atoms with Gasteiger partial charge < -0.3 is 15.7 Å². The van der Waals surface area contributed by atoms with Gasteiger partial charge in [0.2, 0.25) is 0 Å². The lowest BCUT2D eigenvalue weighted by atomic mass is 9.80. The molecule has 0 aromatic carbocycles. The van der Waals surface area contributed by atoms with Crippen molar-refractivity contribution in [2.45, 2.75) is 31.5 Å². The highest BCUT2D eigenvalue weighted by molar-refractivity contribution is 5.50. The maximum absolute atomic E-state index is 8.71. The SMILES string of the molecule is O[CH-]CCCC1[N-]C2=CC=CC3=CC=CC(N1)C32. The summed E-state index contributed by atoms with van der Waals surface area (Å²) < 4.78 is 0. The maximum Gasteiger partial charge on any atom is 0.0334 e. The van der Waals surface area contributed by atoms with E-state index in [-0.39, 0.29) is 6.17 Å². The zero-order valence-electron chi connectivity index (χ0n) is 10.3. The number of hydrogen-bond acceptors (Lipinski definition) is 2. The molecule has 0 radical (unpaired) electrons. The van der Waals surface area contributed by atoms with Crippen molar-refractivity contribution in [1.82, 2.24) is 5.32 Å². The van der Waals surface area contributed by atoms with Crippen molar-refractivity contribution < 1.29 is 5.11 Å². The predicted molar refractivity (Wildman–Crippen MR) is 72.1 cm³/mol. The van der Waals surface area contributed by atoms with E-state index in [1.807, 2.05) is 0 Å². The third-order valence-electron chi connectivity index (χ3n) is 3.70. The zero-order valence-corrected chi connectivity index (χ0v) is 10.3. The van der Waals surface area contributed by atoms with Crippen molar-refractivity contribution in [1.29, 1.82) is 0 Å². The largest absolute Gasteiger partial charge is 0.673 e. The molecule has 3 rings (SSSR count). The minimum Gasteiger partial charge on any atom is -0.673 e. The normalized spacial score (nSPS) is 32.4. The Bertz CT molecular complexity index is 434. The van der Waals surface area contributed by atoms with Crippen LogP contribution in [0.4, 0.5) is 0 Å². The molecule has 0 bridgehead atoms. The molecule has 1 heterocycles. The Balaban J connectivity index is 1.71. The summed E-state index contributed by atoms with van der Waals surface area (Å²) in [4.78, 5) is 0. The number of nitrogens with zero attached hydrogens (tertiary/aromatic N) is 1. The van der Waals surface area contributed by atoms with Crippen LogP contribution in [0.5, 0.6) is 0 Å². The molecule has 3 unspecified atom stereocenters. The van der Waals surface area contributed by atoms with E-state index in [1.54, 1.807) is 0 Å². The van der Waals surface area contributed by atoms with Crippen molar-refractivity contribution in [3.8, 4) is 0 Å². The summed E-state index contributed by atoms with van der Waals surface area (Å²) >= 11 is 0. The summed E-state index contributed by atoms with van der Waals surface area (Å²) in [7, 11) is 0. The Morgan fingerprint density at radius 2 is 2.28 bits per heavy atom. The second-order valence-electron chi connectivity index (χ2n) is 4.93. The Labute approximate surface area is 108 Å². The van der Waals surface area contributed by atoms with E-state index in [9.17, 15) is 0 Å². The van der Waals surface area contributed by atoms with Gasteiger partial charge >= 0.3 is 0 Å². The lowest BCUT2D eigenvalue weighted by molar-refractivity contribution is 0.352. The summed E-state index contributed by atoms with van der Waals surface area (Å²) in [5, 5.41) is 17.1. The van der Waals surface area contributed by atoms with Gasteiger partial charge in [-0.2, -0.15) is 12.1 Å². The first-order valence-electron chi connectivity index (χ1n) is 6.58. The highest BCUT2D eigenvalue weighted by Gasteiger charge is 2.28. The molecule has 1 aliphatic heterocycles. The molecule has 3 heteroatoms. The molecule has 3 nitrogen and oxygen atoms in total. The number of unbranched alkanes of at least 4 members (excludes halogenated alkanes) is 1. The van der Waals surface area contributed by atoms with Gasteiger partial charge in [0, 0.05) is 12.0 Å². The number of allylic oxidation sites excluding steroid dienone is 5. The predicted octanol–water partition coefficient (Wildman–Crippen LogP) is 2.93. The van der Waals surface area contributed by atoms with Gasteiger partial charge in [-0.25, -0.2) is 6.61 Å². The molecule has 2 aliphatic carbocycles. The van der Waals surface area contributed by atoms with Crippen LogP contribution in [-0.4, -0.2) is 17.3 Å². The van der Waals surface area contributed by atoms with E-state index < -0.39 is 0 Å². The van der Waals surface area contributed by atoms with E-state index in [1.165, 1.54) is 17.9 Å². The van der Waals surface area contributed by atoms with Crippen molar-refractivity contribution in [3.05, 3.63) is 59.6 Å². The van der Waals surface area contributed by atoms with Gasteiger partial charge in [0.25, 0.3) is 0 Å². The van der Waals surface area contributed by atoms with Gasteiger partial charge in [-0.15, -0.1) is 0 Å². The third kappa shape index (κ3) is 2.16. The summed E-state index contributed by atoms with van der Waals surface area (Å²) in [5.74, 6) is 0.389. The second-order valence-corrected chi connectivity index (χ2v) is 4.93. The van der Waals surface area contributed by atoms with Gasteiger partial charge in [-0.3, -0.25) is 0 Å². The van der Waals surface area contributed by atoms with Crippen molar-refractivity contribution in [3.63, 3.8) is 0 Å². The fourth-order valence-electron chi connectivity index (χ4n) is 2.85. The van der Waals surface area contributed by atoms with Crippen LogP contribution in [0, 0.1) is 12.5 Å². The Hall–Kier alpha value is -1.32. The molecule has 1 fully saturated rings. The van der Waals surface area contributed by atoms with E-state index >= 15 is 0 Å². The van der Waals surface area contributed by atoms with Gasteiger partial charge in [0.05, 0.1) is 0 Å². The number of nitrogens with one attached hydrogen (secondary N) is 1. The van der Waals surface area contributed by atoms with E-state index in [2.05, 4.69) is 41.8 Å². The molecule has 0 aromatic heterocycles. The summed E-state index contributed by atoms with van der Waals surface area (Å²) in [6, 6.07) is 0.363. The van der Waals surface area contributed by atoms with Crippen molar-refractivity contribution >= 4 is 0 Å². The lowest BCUT2D eigenvalue weighted by Gasteiger charge is -2.52. The van der Waals surface area contributed by atoms with Crippen LogP contribution in [0.1, 0.15) is 19.3 Å². The minimum absolute atomic E-state index is 0.174. The average molecular weight is 242 g/mol. The number of aliphatic hydroxyl groups excluding tert-OH is 1. The smallest absolute Gasteiger partial charge is 0.0334 e. The summed E-state index contributed by atoms with van der Waals surface area (Å²) in [6.45, 7) is 1.23. The molecular formula is C15H18N2O-2. The van der Waals surface area contributed by atoms with E-state index in [4.69, 9.17) is 10.4 Å². The van der Waals surface area contributed by atoms with E-state index in [0.29, 0.717) is 12.0 Å². The molecule has 0 saturated carbocycles. The van der Waals surface area contributed by atoms with Gasteiger partial charge in [-0.05, 0) is 5.57 Å². The first-order valence-corrected chi connectivity index (χ1v) is 6.58. The fourth-order valence-corrected chi connectivity index (χ4v) is 2.85. The van der Waals surface area contributed by atoms with E-state index in [0.717, 1.165) is 19.3 Å². The highest BCUT2D eigenvalue weighted by Crippen LogP contribution is 2.39. The number of aliphatic hydroxyl groups is 1. The number of hydrogen-bond donors (Lipinski definition) is 2. The van der Waals surface area contributed by atoms with Crippen LogP contribution in [0.15, 0.2) is 47.7 Å². The maximum atomic E-state index is 8.71. The molecule has 18 heavy (non-hydrogen) atoms. The van der Waals surface area contributed by atoms with Crippen LogP contribution in [0.3, 0.4) is 0 Å². The van der Waals surface area contributed by atoms with Crippen molar-refractivity contribution in [2.75, 3.05) is 0 Å². The Morgan fingerprint density at radius 3 is 3.17 bits per heavy atom. The zero-order chi connectivity index (χ0) is 12.4. The molecular weight excluding hydrogens is 224 g/mol. The first-order chi connectivity index (χ1) is 8.88. The monoisotopic (exact) mass is 242 g/mol. The third-order valence-corrected chi connectivity index (χ3v) is 3.70. The second kappa shape index (κ2) is 5.12. The number of rotatable bonds is 4. The van der Waals surface area contributed by atoms with Crippen LogP contribution in [0.25, 0.3) is 5.32 Å². The van der Waals surface area contributed by atoms with Gasteiger partial charge in [0.15, 0.2) is 0 Å². The topological polar surface area (TPSA) is 46.4 Å². The van der Waals surface area contributed by atoms with Crippen LogP contribution < -0.4 is 5.32 Å². The van der Waals surface area contributed by atoms with Crippen LogP contribution >= 0.6 is 0 Å². The molecule has 0 spiro atoms. The Kier molecular flexibility index (Phi) is 3.35. The van der Waals surface area contributed by atoms with Crippen LogP contribution in [-0.2, 0) is 0 Å². The fraction of sp³-hybridized carbons (Fsp3) is 0.400. The van der Waals surface area contributed by atoms with Gasteiger partial charge in [-0.1, -0.05) is 55.5 Å². The standard InChI is InChI=1S/C15H18N2O/c18-10-2-1-9-14-16-12-7-3-5-11-6-4-8-13(17-14)15(11)12/h3-8,10,12,14-16,18H,1-2,9H2/q-2. The highest BCUT2D eigenvalue weighted by atomic mass is 16.2.